The van der Waals surface area contributed by atoms with E-state index in [9.17, 15) is 4.79 Å². The number of rotatable bonds is 8. The lowest BCUT2D eigenvalue weighted by Crippen LogP contribution is -2.49. The highest BCUT2D eigenvalue weighted by Gasteiger charge is 2.32. The van der Waals surface area contributed by atoms with E-state index in [1.165, 1.54) is 0 Å². The average Bonchev–Trinajstić information content (AvgIpc) is 2.45. The SMILES string of the molecule is COCCCNC(=O)CN1CCC(CN)(SC)CC1. The molecule has 1 aliphatic heterocycles. The molecule has 19 heavy (non-hydrogen) atoms. The smallest absolute Gasteiger partial charge is 0.234 e. The van der Waals surface area contributed by atoms with Crippen LogP contribution in [0.3, 0.4) is 0 Å². The standard InChI is InChI=1S/C13H27N3O2S/c1-18-9-3-6-15-12(17)10-16-7-4-13(11-14,19-2)5-8-16/h3-11,14H2,1-2H3,(H,15,17). The van der Waals surface area contributed by atoms with Gasteiger partial charge in [-0.15, -0.1) is 0 Å². The molecule has 0 aromatic carbocycles. The number of hydrogen-bond donors (Lipinski definition) is 2. The van der Waals surface area contributed by atoms with E-state index in [0.717, 1.165) is 38.9 Å². The molecule has 1 saturated heterocycles. The quantitative estimate of drug-likeness (QED) is 0.629. The van der Waals surface area contributed by atoms with Crippen LogP contribution in [-0.2, 0) is 9.53 Å². The van der Waals surface area contributed by atoms with E-state index in [-0.39, 0.29) is 10.7 Å². The lowest BCUT2D eigenvalue weighted by molar-refractivity contribution is -0.122. The molecule has 1 heterocycles. The molecule has 0 spiro atoms. The maximum atomic E-state index is 11.8. The van der Waals surface area contributed by atoms with Gasteiger partial charge in [-0.2, -0.15) is 11.8 Å². The van der Waals surface area contributed by atoms with E-state index in [1.807, 2.05) is 11.8 Å². The zero-order valence-electron chi connectivity index (χ0n) is 12.1. The number of carbonyl (C=O) groups excluding carboxylic acids is 1. The van der Waals surface area contributed by atoms with Crippen LogP contribution in [0.5, 0.6) is 0 Å². The highest BCUT2D eigenvalue weighted by molar-refractivity contribution is 8.00. The van der Waals surface area contributed by atoms with Gasteiger partial charge in [0.15, 0.2) is 0 Å². The number of carbonyl (C=O) groups is 1. The highest BCUT2D eigenvalue weighted by Crippen LogP contribution is 2.33. The van der Waals surface area contributed by atoms with Gasteiger partial charge in [0.25, 0.3) is 0 Å². The first-order valence-electron chi connectivity index (χ1n) is 6.89. The lowest BCUT2D eigenvalue weighted by Gasteiger charge is -2.39. The summed E-state index contributed by atoms with van der Waals surface area (Å²) in [6, 6.07) is 0. The summed E-state index contributed by atoms with van der Waals surface area (Å²) in [5, 5.41) is 2.92. The molecule has 1 fully saturated rings. The van der Waals surface area contributed by atoms with Crippen molar-refractivity contribution in [3.8, 4) is 0 Å². The van der Waals surface area contributed by atoms with Crippen LogP contribution in [0, 0.1) is 0 Å². The number of amides is 1. The second-order valence-electron chi connectivity index (χ2n) is 5.06. The fourth-order valence-electron chi connectivity index (χ4n) is 2.31. The molecule has 0 unspecified atom stereocenters. The molecule has 1 rings (SSSR count). The van der Waals surface area contributed by atoms with Crippen molar-refractivity contribution in [1.29, 1.82) is 0 Å². The Balaban J connectivity index is 2.19. The number of nitrogens with one attached hydrogen (secondary N) is 1. The Kier molecular flexibility index (Phi) is 7.75. The van der Waals surface area contributed by atoms with E-state index in [0.29, 0.717) is 19.7 Å². The topological polar surface area (TPSA) is 67.6 Å². The Morgan fingerprint density at radius 1 is 1.47 bits per heavy atom. The van der Waals surface area contributed by atoms with E-state index in [4.69, 9.17) is 10.5 Å². The highest BCUT2D eigenvalue weighted by atomic mass is 32.2. The Hall–Kier alpha value is -0.300. The van der Waals surface area contributed by atoms with Crippen molar-refractivity contribution in [2.45, 2.75) is 24.0 Å². The van der Waals surface area contributed by atoms with Crippen molar-refractivity contribution in [2.75, 3.05) is 52.7 Å². The van der Waals surface area contributed by atoms with Gasteiger partial charge in [0.1, 0.15) is 0 Å². The number of nitrogens with two attached hydrogens (primary N) is 1. The number of piperidine rings is 1. The van der Waals surface area contributed by atoms with Crippen LogP contribution < -0.4 is 11.1 Å². The summed E-state index contributed by atoms with van der Waals surface area (Å²) in [6.07, 6.45) is 5.14. The predicted octanol–water partition coefficient (Wildman–Crippen LogP) is 0.295. The molecule has 0 aliphatic carbocycles. The summed E-state index contributed by atoms with van der Waals surface area (Å²) in [4.78, 5) is 14.0. The second-order valence-corrected chi connectivity index (χ2v) is 6.34. The van der Waals surface area contributed by atoms with E-state index >= 15 is 0 Å². The number of ether oxygens (including phenoxy) is 1. The van der Waals surface area contributed by atoms with E-state index < -0.39 is 0 Å². The van der Waals surface area contributed by atoms with Gasteiger partial charge in [0, 0.05) is 44.6 Å². The number of hydrogen-bond acceptors (Lipinski definition) is 5. The summed E-state index contributed by atoms with van der Waals surface area (Å²) >= 11 is 1.87. The van der Waals surface area contributed by atoms with Gasteiger partial charge in [0.2, 0.25) is 5.91 Å². The summed E-state index contributed by atoms with van der Waals surface area (Å²) in [5.41, 5.74) is 5.86. The van der Waals surface area contributed by atoms with Crippen LogP contribution in [0.25, 0.3) is 0 Å². The molecule has 3 N–H and O–H groups in total. The molecule has 112 valence electrons. The van der Waals surface area contributed by atoms with E-state index in [2.05, 4.69) is 16.5 Å². The second kappa shape index (κ2) is 8.79. The Bertz CT molecular complexity index is 263. The van der Waals surface area contributed by atoms with Gasteiger partial charge in [0.05, 0.1) is 6.54 Å². The van der Waals surface area contributed by atoms with Crippen LogP contribution in [-0.4, -0.2) is 68.3 Å². The van der Waals surface area contributed by atoms with Crippen molar-refractivity contribution in [3.63, 3.8) is 0 Å². The first-order chi connectivity index (χ1) is 9.15. The molecule has 6 heteroatoms. The average molecular weight is 289 g/mol. The van der Waals surface area contributed by atoms with Gasteiger partial charge in [-0.1, -0.05) is 0 Å². The molecular formula is C13H27N3O2S. The molecule has 0 atom stereocenters. The minimum Gasteiger partial charge on any atom is -0.385 e. The van der Waals surface area contributed by atoms with Crippen LogP contribution in [0.15, 0.2) is 0 Å². The third-order valence-corrected chi connectivity index (χ3v) is 5.23. The number of thioether (sulfide) groups is 1. The van der Waals surface area contributed by atoms with Crippen LogP contribution in [0.2, 0.25) is 0 Å². The summed E-state index contributed by atoms with van der Waals surface area (Å²) in [7, 11) is 1.67. The van der Waals surface area contributed by atoms with Crippen LogP contribution in [0.1, 0.15) is 19.3 Å². The maximum absolute atomic E-state index is 11.8. The van der Waals surface area contributed by atoms with Crippen LogP contribution in [0.4, 0.5) is 0 Å². The van der Waals surface area contributed by atoms with Crippen molar-refractivity contribution >= 4 is 17.7 Å². The largest absolute Gasteiger partial charge is 0.385 e. The molecular weight excluding hydrogens is 262 g/mol. The van der Waals surface area contributed by atoms with Gasteiger partial charge in [-0.3, -0.25) is 9.69 Å². The Morgan fingerprint density at radius 3 is 2.68 bits per heavy atom. The van der Waals surface area contributed by atoms with Crippen molar-refractivity contribution in [1.82, 2.24) is 10.2 Å². The normalized spacial score (nSPS) is 19.3. The molecule has 1 amide bonds. The third-order valence-electron chi connectivity index (χ3n) is 3.79. The van der Waals surface area contributed by atoms with Crippen LogP contribution >= 0.6 is 11.8 Å². The fraction of sp³-hybridized carbons (Fsp3) is 0.923. The summed E-state index contributed by atoms with van der Waals surface area (Å²) in [6.45, 7) is 4.54. The zero-order valence-corrected chi connectivity index (χ0v) is 12.9. The molecule has 5 nitrogen and oxygen atoms in total. The molecule has 0 bridgehead atoms. The molecule has 0 aromatic heterocycles. The number of likely N-dealkylation sites (tertiary alicyclic amines) is 1. The molecule has 1 aliphatic rings. The first kappa shape index (κ1) is 16.8. The number of nitrogens with zero attached hydrogens (tertiary/aromatic N) is 1. The zero-order chi connectivity index (χ0) is 14.1. The van der Waals surface area contributed by atoms with Gasteiger partial charge >= 0.3 is 0 Å². The van der Waals surface area contributed by atoms with Crippen molar-refractivity contribution in [3.05, 3.63) is 0 Å². The number of methoxy groups -OCH3 is 1. The lowest BCUT2D eigenvalue weighted by atomic mass is 9.96. The van der Waals surface area contributed by atoms with E-state index in [1.54, 1.807) is 7.11 Å². The monoisotopic (exact) mass is 289 g/mol. The minimum atomic E-state index is 0.112. The summed E-state index contributed by atoms with van der Waals surface area (Å²) in [5.74, 6) is 0.112. The van der Waals surface area contributed by atoms with Gasteiger partial charge in [-0.05, 0) is 25.5 Å². The van der Waals surface area contributed by atoms with Gasteiger partial charge < -0.3 is 15.8 Å². The van der Waals surface area contributed by atoms with Crippen molar-refractivity contribution in [2.24, 2.45) is 5.73 Å². The predicted molar refractivity (Wildman–Crippen MR) is 80.5 cm³/mol. The maximum Gasteiger partial charge on any atom is 0.234 e. The molecule has 0 aromatic rings. The molecule has 0 radical (unpaired) electrons. The molecule has 0 saturated carbocycles. The first-order valence-corrected chi connectivity index (χ1v) is 8.11. The Labute approximate surface area is 120 Å². The van der Waals surface area contributed by atoms with Gasteiger partial charge in [-0.25, -0.2) is 0 Å². The summed E-state index contributed by atoms with van der Waals surface area (Å²) < 4.78 is 5.17. The Morgan fingerprint density at radius 2 is 2.16 bits per heavy atom. The fourth-order valence-corrected chi connectivity index (χ4v) is 3.07. The van der Waals surface area contributed by atoms with Crippen molar-refractivity contribution < 1.29 is 9.53 Å². The minimum absolute atomic E-state index is 0.112. The third kappa shape index (κ3) is 5.69.